The van der Waals surface area contributed by atoms with E-state index in [1.165, 1.54) is 6.92 Å². The van der Waals surface area contributed by atoms with Crippen molar-refractivity contribution >= 4 is 17.4 Å². The molecular weight excluding hydrogens is 310 g/mol. The summed E-state index contributed by atoms with van der Waals surface area (Å²) in [6, 6.07) is 10.5. The lowest BCUT2D eigenvalue weighted by molar-refractivity contribution is -0.115. The summed E-state index contributed by atoms with van der Waals surface area (Å²) in [5, 5.41) is 2.77. The second-order valence-electron chi connectivity index (χ2n) is 5.34. The van der Waals surface area contributed by atoms with Crippen LogP contribution in [0.1, 0.15) is 22.8 Å². The monoisotopic (exact) mass is 327 g/mol. The standard InChI is InChI=1S/C18H17NO5/c1-11(20)13-8-16-17(24-10-23-16)9-14(13)19-18(21)7-12-5-3-4-6-15(12)22-2/h3-6,8-9H,7,10H2,1-2H3,(H,19,21). The van der Waals surface area contributed by atoms with Crippen LogP contribution < -0.4 is 19.5 Å². The van der Waals surface area contributed by atoms with Crippen molar-refractivity contribution in [1.29, 1.82) is 0 Å². The number of ketones is 1. The molecule has 6 nitrogen and oxygen atoms in total. The number of nitrogens with one attached hydrogen (secondary N) is 1. The van der Waals surface area contributed by atoms with Gasteiger partial charge in [-0.25, -0.2) is 0 Å². The number of hydrogen-bond acceptors (Lipinski definition) is 5. The summed E-state index contributed by atoms with van der Waals surface area (Å²) in [6.45, 7) is 1.54. The number of fused-ring (bicyclic) bond motifs is 1. The molecule has 3 rings (SSSR count). The number of hydrogen-bond donors (Lipinski definition) is 1. The number of amides is 1. The van der Waals surface area contributed by atoms with Crippen LogP contribution in [0.25, 0.3) is 0 Å². The first-order valence-corrected chi connectivity index (χ1v) is 7.45. The van der Waals surface area contributed by atoms with Crippen molar-refractivity contribution in [2.24, 2.45) is 0 Å². The van der Waals surface area contributed by atoms with Crippen molar-refractivity contribution in [2.75, 3.05) is 19.2 Å². The van der Waals surface area contributed by atoms with Crippen LogP contribution in [-0.2, 0) is 11.2 Å². The maximum atomic E-state index is 12.4. The van der Waals surface area contributed by atoms with Gasteiger partial charge in [0.25, 0.3) is 0 Å². The molecule has 2 aromatic rings. The molecular formula is C18H17NO5. The first-order valence-electron chi connectivity index (χ1n) is 7.45. The minimum absolute atomic E-state index is 0.102. The third-order valence-corrected chi connectivity index (χ3v) is 3.71. The number of anilines is 1. The highest BCUT2D eigenvalue weighted by Gasteiger charge is 2.20. The summed E-state index contributed by atoms with van der Waals surface area (Å²) in [5.74, 6) is 1.24. The van der Waals surface area contributed by atoms with Gasteiger partial charge < -0.3 is 19.5 Å². The van der Waals surface area contributed by atoms with Gasteiger partial charge in [0.2, 0.25) is 12.7 Å². The van der Waals surface area contributed by atoms with E-state index in [9.17, 15) is 9.59 Å². The first kappa shape index (κ1) is 15.9. The predicted molar refractivity (Wildman–Crippen MR) is 87.9 cm³/mol. The number of carbonyl (C=O) groups excluding carboxylic acids is 2. The number of para-hydroxylation sites is 1. The lowest BCUT2D eigenvalue weighted by atomic mass is 10.1. The molecule has 1 N–H and O–H groups in total. The van der Waals surface area contributed by atoms with Crippen LogP contribution in [0.15, 0.2) is 36.4 Å². The SMILES string of the molecule is COc1ccccc1CC(=O)Nc1cc2c(cc1C(C)=O)OCO2. The third-order valence-electron chi connectivity index (χ3n) is 3.71. The minimum atomic E-state index is -0.249. The Bertz CT molecular complexity index is 800. The van der Waals surface area contributed by atoms with Gasteiger partial charge in [0.1, 0.15) is 5.75 Å². The second-order valence-corrected chi connectivity index (χ2v) is 5.34. The zero-order valence-corrected chi connectivity index (χ0v) is 13.4. The van der Waals surface area contributed by atoms with Gasteiger partial charge in [0.05, 0.1) is 19.2 Å². The molecule has 6 heteroatoms. The van der Waals surface area contributed by atoms with Gasteiger partial charge in [-0.05, 0) is 19.1 Å². The first-order chi connectivity index (χ1) is 11.6. The van der Waals surface area contributed by atoms with Crippen LogP contribution in [-0.4, -0.2) is 25.6 Å². The molecule has 1 amide bonds. The molecule has 124 valence electrons. The van der Waals surface area contributed by atoms with Gasteiger partial charge in [0, 0.05) is 17.2 Å². The molecule has 1 aliphatic rings. The highest BCUT2D eigenvalue weighted by molar-refractivity contribution is 6.05. The van der Waals surface area contributed by atoms with E-state index in [-0.39, 0.29) is 24.9 Å². The summed E-state index contributed by atoms with van der Waals surface area (Å²) in [5.41, 5.74) is 1.56. The fraction of sp³-hybridized carbons (Fsp3) is 0.222. The Morgan fingerprint density at radius 1 is 1.17 bits per heavy atom. The van der Waals surface area contributed by atoms with Crippen LogP contribution in [0.2, 0.25) is 0 Å². The molecule has 0 saturated carbocycles. The summed E-state index contributed by atoms with van der Waals surface area (Å²) in [7, 11) is 1.56. The summed E-state index contributed by atoms with van der Waals surface area (Å²) >= 11 is 0. The van der Waals surface area contributed by atoms with E-state index in [0.717, 1.165) is 5.56 Å². The van der Waals surface area contributed by atoms with Gasteiger partial charge in [-0.2, -0.15) is 0 Å². The maximum Gasteiger partial charge on any atom is 0.231 e. The summed E-state index contributed by atoms with van der Waals surface area (Å²) in [6.07, 6.45) is 0.135. The van der Waals surface area contributed by atoms with Crippen LogP contribution in [0, 0.1) is 0 Å². The van der Waals surface area contributed by atoms with E-state index in [1.54, 1.807) is 25.3 Å². The number of ether oxygens (including phenoxy) is 3. The minimum Gasteiger partial charge on any atom is -0.496 e. The Balaban J connectivity index is 1.83. The molecule has 0 fully saturated rings. The second kappa shape index (κ2) is 6.62. The van der Waals surface area contributed by atoms with Crippen LogP contribution in [0.4, 0.5) is 5.69 Å². The summed E-state index contributed by atoms with van der Waals surface area (Å²) < 4.78 is 15.8. The van der Waals surface area contributed by atoms with E-state index in [0.29, 0.717) is 28.5 Å². The van der Waals surface area contributed by atoms with Gasteiger partial charge in [-0.15, -0.1) is 0 Å². The number of carbonyl (C=O) groups is 2. The Morgan fingerprint density at radius 2 is 1.88 bits per heavy atom. The van der Waals surface area contributed by atoms with E-state index in [1.807, 2.05) is 18.2 Å². The molecule has 0 saturated heterocycles. The normalized spacial score (nSPS) is 11.9. The average Bonchev–Trinajstić information content (AvgIpc) is 3.01. The molecule has 1 heterocycles. The lowest BCUT2D eigenvalue weighted by Crippen LogP contribution is -2.16. The van der Waals surface area contributed by atoms with Crippen molar-refractivity contribution in [1.82, 2.24) is 0 Å². The lowest BCUT2D eigenvalue weighted by Gasteiger charge is -2.12. The molecule has 0 spiro atoms. The number of Topliss-reactive ketones (excluding diaryl/α,β-unsaturated/α-hetero) is 1. The molecule has 0 aromatic heterocycles. The van der Waals surface area contributed by atoms with Crippen molar-refractivity contribution in [3.05, 3.63) is 47.5 Å². The van der Waals surface area contributed by atoms with Crippen molar-refractivity contribution < 1.29 is 23.8 Å². The van der Waals surface area contributed by atoms with Crippen LogP contribution >= 0.6 is 0 Å². The van der Waals surface area contributed by atoms with E-state index in [4.69, 9.17) is 14.2 Å². The van der Waals surface area contributed by atoms with Gasteiger partial charge in [-0.3, -0.25) is 9.59 Å². The van der Waals surface area contributed by atoms with E-state index in [2.05, 4.69) is 5.32 Å². The highest BCUT2D eigenvalue weighted by atomic mass is 16.7. The fourth-order valence-corrected chi connectivity index (χ4v) is 2.55. The number of benzene rings is 2. The quantitative estimate of drug-likeness (QED) is 0.855. The Kier molecular flexibility index (Phi) is 4.37. The molecule has 24 heavy (non-hydrogen) atoms. The third kappa shape index (κ3) is 3.17. The smallest absolute Gasteiger partial charge is 0.231 e. The molecule has 0 unspecified atom stereocenters. The number of rotatable bonds is 5. The van der Waals surface area contributed by atoms with Gasteiger partial charge in [-0.1, -0.05) is 18.2 Å². The zero-order valence-electron chi connectivity index (χ0n) is 13.4. The molecule has 0 atom stereocenters. The fourth-order valence-electron chi connectivity index (χ4n) is 2.55. The molecule has 1 aliphatic heterocycles. The predicted octanol–water partition coefficient (Wildman–Crippen LogP) is 2.81. The maximum absolute atomic E-state index is 12.4. The van der Waals surface area contributed by atoms with Gasteiger partial charge in [0.15, 0.2) is 17.3 Å². The van der Waals surface area contributed by atoms with Crippen molar-refractivity contribution in [2.45, 2.75) is 13.3 Å². The van der Waals surface area contributed by atoms with Crippen LogP contribution in [0.3, 0.4) is 0 Å². The van der Waals surface area contributed by atoms with Crippen molar-refractivity contribution in [3.63, 3.8) is 0 Å². The van der Waals surface area contributed by atoms with Crippen molar-refractivity contribution in [3.8, 4) is 17.2 Å². The van der Waals surface area contributed by atoms with Crippen LogP contribution in [0.5, 0.6) is 17.2 Å². The Morgan fingerprint density at radius 3 is 2.58 bits per heavy atom. The average molecular weight is 327 g/mol. The molecule has 2 aromatic carbocycles. The molecule has 0 bridgehead atoms. The summed E-state index contributed by atoms with van der Waals surface area (Å²) in [4.78, 5) is 24.2. The number of methoxy groups -OCH3 is 1. The highest BCUT2D eigenvalue weighted by Crippen LogP contribution is 2.37. The zero-order chi connectivity index (χ0) is 17.1. The largest absolute Gasteiger partial charge is 0.496 e. The Labute approximate surface area is 139 Å². The van der Waals surface area contributed by atoms with E-state index < -0.39 is 0 Å². The molecule has 0 aliphatic carbocycles. The Hall–Kier alpha value is -3.02. The van der Waals surface area contributed by atoms with E-state index >= 15 is 0 Å². The molecule has 0 radical (unpaired) electrons. The van der Waals surface area contributed by atoms with Gasteiger partial charge >= 0.3 is 0 Å². The topological polar surface area (TPSA) is 73.9 Å².